The van der Waals surface area contributed by atoms with Gasteiger partial charge < -0.3 is 0 Å². The lowest BCUT2D eigenvalue weighted by molar-refractivity contribution is 0.492. The van der Waals surface area contributed by atoms with Gasteiger partial charge in [-0.15, -0.1) is 0 Å². The monoisotopic (exact) mass is 385 g/mol. The number of hydrogen-bond acceptors (Lipinski definition) is 2. The van der Waals surface area contributed by atoms with Crippen molar-refractivity contribution >= 4 is 35.4 Å². The minimum Gasteiger partial charge on any atom is -0.267 e. The highest BCUT2D eigenvalue weighted by atomic mass is 35.5. The van der Waals surface area contributed by atoms with Crippen LogP contribution in [0.25, 0.3) is 0 Å². The van der Waals surface area contributed by atoms with Gasteiger partial charge in [-0.2, -0.15) is 0 Å². The van der Waals surface area contributed by atoms with Crippen LogP contribution in [0.2, 0.25) is 10.0 Å². The molecule has 0 radical (unpaired) electrons. The van der Waals surface area contributed by atoms with Gasteiger partial charge in [0.05, 0.1) is 23.1 Å². The molecule has 0 saturated carbocycles. The Bertz CT molecular complexity index is 953. The molecule has 3 rings (SSSR count). The topological polar surface area (TPSA) is 22.8 Å². The molecule has 3 nitrogen and oxygen atoms in total. The number of benzene rings is 2. The van der Waals surface area contributed by atoms with Crippen LogP contribution >= 0.6 is 35.4 Å². The minimum absolute atomic E-state index is 0.178. The molecule has 124 valence electrons. The van der Waals surface area contributed by atoms with Crippen LogP contribution in [-0.4, -0.2) is 14.3 Å². The van der Waals surface area contributed by atoms with Gasteiger partial charge in [-0.25, -0.2) is 13.8 Å². The Hall–Kier alpha value is -1.76. The Balaban J connectivity index is 1.91. The average molecular weight is 386 g/mol. The molecule has 1 aromatic heterocycles. The van der Waals surface area contributed by atoms with Gasteiger partial charge in [0.25, 0.3) is 0 Å². The summed E-state index contributed by atoms with van der Waals surface area (Å²) in [6.45, 7) is 0.579. The molecule has 8 heteroatoms. The predicted molar refractivity (Wildman–Crippen MR) is 92.1 cm³/mol. The van der Waals surface area contributed by atoms with Crippen LogP contribution in [0.1, 0.15) is 11.1 Å². The minimum atomic E-state index is -0.616. The SMILES string of the molecule is Fc1ccc(Cn2cnc(=S)n2Cc2ccc(Cl)c(Cl)c2)c(F)c1. The van der Waals surface area contributed by atoms with Gasteiger partial charge in [0, 0.05) is 11.6 Å². The van der Waals surface area contributed by atoms with E-state index in [1.807, 2.05) is 6.07 Å². The molecule has 0 fully saturated rings. The summed E-state index contributed by atoms with van der Waals surface area (Å²) in [6.07, 6.45) is 1.52. The highest BCUT2D eigenvalue weighted by molar-refractivity contribution is 7.71. The first-order valence-electron chi connectivity index (χ1n) is 6.94. The first-order chi connectivity index (χ1) is 11.4. The lowest BCUT2D eigenvalue weighted by Gasteiger charge is -2.12. The Morgan fingerprint density at radius 3 is 2.50 bits per heavy atom. The molecule has 0 spiro atoms. The Morgan fingerprint density at radius 1 is 1.00 bits per heavy atom. The van der Waals surface area contributed by atoms with E-state index in [0.29, 0.717) is 26.9 Å². The van der Waals surface area contributed by atoms with Crippen LogP contribution in [-0.2, 0) is 13.1 Å². The van der Waals surface area contributed by atoms with Crippen LogP contribution in [0.4, 0.5) is 8.78 Å². The molecule has 0 unspecified atom stereocenters. The number of halogens is 4. The molecular weight excluding hydrogens is 375 g/mol. The Morgan fingerprint density at radius 2 is 1.79 bits per heavy atom. The van der Waals surface area contributed by atoms with Crippen molar-refractivity contribution in [2.24, 2.45) is 0 Å². The molecular formula is C16H11Cl2F2N3S. The van der Waals surface area contributed by atoms with E-state index >= 15 is 0 Å². The third-order valence-electron chi connectivity index (χ3n) is 3.50. The first-order valence-corrected chi connectivity index (χ1v) is 8.10. The van der Waals surface area contributed by atoms with E-state index in [0.717, 1.165) is 11.6 Å². The quantitative estimate of drug-likeness (QED) is 0.583. The summed E-state index contributed by atoms with van der Waals surface area (Å²) < 4.78 is 30.6. The largest absolute Gasteiger partial charge is 0.267 e. The summed E-state index contributed by atoms with van der Waals surface area (Å²) in [5.41, 5.74) is 1.22. The van der Waals surface area contributed by atoms with E-state index in [9.17, 15) is 8.78 Å². The molecule has 0 aliphatic heterocycles. The van der Waals surface area contributed by atoms with Crippen LogP contribution in [0.5, 0.6) is 0 Å². The van der Waals surface area contributed by atoms with Crippen molar-refractivity contribution in [3.05, 3.63) is 80.3 Å². The van der Waals surface area contributed by atoms with Crippen LogP contribution in [0.15, 0.2) is 42.7 Å². The summed E-state index contributed by atoms with van der Waals surface area (Å²) in [7, 11) is 0. The standard InChI is InChI=1S/C16H11Cl2F2N3S/c17-13-4-1-10(5-14(13)18)7-23-16(24)21-9-22(23)8-11-2-3-12(19)6-15(11)20/h1-6,9H,7-8H2. The van der Waals surface area contributed by atoms with Gasteiger partial charge >= 0.3 is 0 Å². The maximum Gasteiger partial charge on any atom is 0.216 e. The van der Waals surface area contributed by atoms with Crippen molar-refractivity contribution in [1.82, 2.24) is 14.3 Å². The van der Waals surface area contributed by atoms with Gasteiger partial charge in [0.1, 0.15) is 18.0 Å². The number of hydrogen-bond donors (Lipinski definition) is 0. The normalized spacial score (nSPS) is 11.0. The Kier molecular flexibility index (Phi) is 4.99. The zero-order valence-corrected chi connectivity index (χ0v) is 14.5. The van der Waals surface area contributed by atoms with Crippen molar-refractivity contribution in [3.8, 4) is 0 Å². The average Bonchev–Trinajstić information content (AvgIpc) is 2.87. The third kappa shape index (κ3) is 3.66. The molecule has 0 aliphatic rings. The molecule has 1 heterocycles. The van der Waals surface area contributed by atoms with Crippen LogP contribution in [0.3, 0.4) is 0 Å². The maximum absolute atomic E-state index is 13.9. The maximum atomic E-state index is 13.9. The van der Waals surface area contributed by atoms with Crippen molar-refractivity contribution in [2.75, 3.05) is 0 Å². The predicted octanol–water partition coefficient (Wildman–Crippen LogP) is 5.10. The second-order valence-corrected chi connectivity index (χ2v) is 6.35. The zero-order chi connectivity index (χ0) is 17.3. The second-order valence-electron chi connectivity index (χ2n) is 5.17. The first kappa shape index (κ1) is 17.1. The molecule has 0 atom stereocenters. The molecule has 3 aromatic rings. The molecule has 0 saturated heterocycles. The summed E-state index contributed by atoms with van der Waals surface area (Å²) in [6, 6.07) is 8.73. The highest BCUT2D eigenvalue weighted by Gasteiger charge is 2.09. The fourth-order valence-electron chi connectivity index (χ4n) is 2.27. The number of aromatic nitrogens is 3. The highest BCUT2D eigenvalue weighted by Crippen LogP contribution is 2.23. The van der Waals surface area contributed by atoms with E-state index < -0.39 is 11.6 Å². The molecule has 0 N–H and O–H groups in total. The van der Waals surface area contributed by atoms with E-state index in [4.69, 9.17) is 35.4 Å². The van der Waals surface area contributed by atoms with E-state index in [1.165, 1.54) is 18.5 Å². The van der Waals surface area contributed by atoms with Crippen molar-refractivity contribution in [3.63, 3.8) is 0 Å². The molecule has 0 amide bonds. The van der Waals surface area contributed by atoms with Gasteiger partial charge in [0.15, 0.2) is 0 Å². The van der Waals surface area contributed by atoms with Gasteiger partial charge in [-0.3, -0.25) is 9.36 Å². The summed E-state index contributed by atoms with van der Waals surface area (Å²) >= 11 is 17.2. The van der Waals surface area contributed by atoms with E-state index in [2.05, 4.69) is 4.98 Å². The summed E-state index contributed by atoms with van der Waals surface area (Å²) in [5, 5.41) is 0.905. The number of nitrogens with zero attached hydrogens (tertiary/aromatic N) is 3. The summed E-state index contributed by atoms with van der Waals surface area (Å²) in [5.74, 6) is -1.23. The van der Waals surface area contributed by atoms with Gasteiger partial charge in [-0.05, 0) is 36.0 Å². The lowest BCUT2D eigenvalue weighted by Crippen LogP contribution is -2.15. The fourth-order valence-corrected chi connectivity index (χ4v) is 2.81. The molecule has 24 heavy (non-hydrogen) atoms. The van der Waals surface area contributed by atoms with Gasteiger partial charge in [-0.1, -0.05) is 35.3 Å². The van der Waals surface area contributed by atoms with E-state index in [1.54, 1.807) is 21.5 Å². The lowest BCUT2D eigenvalue weighted by atomic mass is 10.2. The van der Waals surface area contributed by atoms with Crippen LogP contribution in [0, 0.1) is 16.4 Å². The van der Waals surface area contributed by atoms with E-state index in [-0.39, 0.29) is 6.54 Å². The third-order valence-corrected chi connectivity index (χ3v) is 4.55. The molecule has 2 aromatic carbocycles. The fraction of sp³-hybridized carbons (Fsp3) is 0.125. The smallest absolute Gasteiger partial charge is 0.216 e. The van der Waals surface area contributed by atoms with Crippen molar-refractivity contribution < 1.29 is 8.78 Å². The van der Waals surface area contributed by atoms with Crippen molar-refractivity contribution in [1.29, 1.82) is 0 Å². The zero-order valence-electron chi connectivity index (χ0n) is 12.2. The van der Waals surface area contributed by atoms with Crippen LogP contribution < -0.4 is 0 Å². The summed E-state index contributed by atoms with van der Waals surface area (Å²) in [4.78, 5) is 4.08. The second kappa shape index (κ2) is 7.01. The molecule has 0 bridgehead atoms. The van der Waals surface area contributed by atoms with Crippen molar-refractivity contribution in [2.45, 2.75) is 13.1 Å². The van der Waals surface area contributed by atoms with Gasteiger partial charge in [0.2, 0.25) is 4.77 Å². The Labute approximate surface area is 152 Å². The number of rotatable bonds is 4. The molecule has 0 aliphatic carbocycles.